The lowest BCUT2D eigenvalue weighted by atomic mass is 10.1. The van der Waals surface area contributed by atoms with E-state index in [-0.39, 0.29) is 12.0 Å². The maximum atomic E-state index is 12.8. The Morgan fingerprint density at radius 3 is 2.00 bits per heavy atom. The Kier molecular flexibility index (Phi) is 17.8. The first-order valence-electron chi connectivity index (χ1n) is 17.9. The van der Waals surface area contributed by atoms with Crippen molar-refractivity contribution in [2.24, 2.45) is 7.05 Å². The zero-order valence-corrected chi connectivity index (χ0v) is 30.2. The van der Waals surface area contributed by atoms with Gasteiger partial charge in [0, 0.05) is 57.5 Å². The maximum Gasteiger partial charge on any atom is 0.307 e. The van der Waals surface area contributed by atoms with Crippen molar-refractivity contribution in [1.82, 2.24) is 39.1 Å². The molecule has 262 valence electrons. The molecule has 1 N–H and O–H groups in total. The van der Waals surface area contributed by atoms with Crippen LogP contribution in [0.15, 0.2) is 49.1 Å². The van der Waals surface area contributed by atoms with Crippen molar-refractivity contribution < 1.29 is 9.53 Å². The van der Waals surface area contributed by atoms with Crippen LogP contribution in [0.1, 0.15) is 89.5 Å². The number of rotatable bonds is 25. The second kappa shape index (κ2) is 21.8. The van der Waals surface area contributed by atoms with Crippen LogP contribution in [0.2, 0.25) is 0 Å². The molecule has 0 spiro atoms. The summed E-state index contributed by atoms with van der Waals surface area (Å²) < 4.78 is 7.77. The zero-order chi connectivity index (χ0) is 33.9. The third-order valence-corrected chi connectivity index (χ3v) is 8.88. The molecule has 2 aromatic heterocycles. The van der Waals surface area contributed by atoms with Gasteiger partial charge in [-0.3, -0.25) is 19.5 Å². The fourth-order valence-electron chi connectivity index (χ4n) is 6.18. The van der Waals surface area contributed by atoms with Crippen LogP contribution in [0.5, 0.6) is 0 Å². The topological polar surface area (TPSA) is 85.8 Å². The molecule has 0 saturated carbocycles. The maximum absolute atomic E-state index is 12.8. The molecule has 3 aromatic rings. The first-order chi connectivity index (χ1) is 22.8. The van der Waals surface area contributed by atoms with Gasteiger partial charge in [0.05, 0.1) is 19.5 Å². The highest BCUT2D eigenvalue weighted by Gasteiger charge is 2.16. The molecule has 0 radical (unpaired) electrons. The monoisotopic (exact) mass is 650 g/mol. The van der Waals surface area contributed by atoms with Crippen molar-refractivity contribution in [1.29, 1.82) is 0 Å². The van der Waals surface area contributed by atoms with E-state index in [1.165, 1.54) is 43.5 Å². The SMILES string of the molecule is CCCN(CCC)CCCCN(CCC(=O)OCC(C)N(CC)CC)Cc1ccc(CN(Cc2ncc[nH]2)Cc2nccn2C)cc1. The van der Waals surface area contributed by atoms with Crippen LogP contribution >= 0.6 is 0 Å². The van der Waals surface area contributed by atoms with E-state index in [1.54, 1.807) is 6.20 Å². The normalized spacial score (nSPS) is 12.6. The van der Waals surface area contributed by atoms with Gasteiger partial charge in [0.25, 0.3) is 0 Å². The van der Waals surface area contributed by atoms with Crippen molar-refractivity contribution in [2.75, 3.05) is 52.4 Å². The van der Waals surface area contributed by atoms with E-state index in [9.17, 15) is 4.79 Å². The van der Waals surface area contributed by atoms with E-state index in [1.807, 2.05) is 25.6 Å². The number of likely N-dealkylation sites (N-methyl/N-ethyl adjacent to an activating group) is 1. The summed E-state index contributed by atoms with van der Waals surface area (Å²) in [5, 5.41) is 0. The van der Waals surface area contributed by atoms with Gasteiger partial charge in [-0.05, 0) is 83.0 Å². The Labute approximate surface area is 284 Å². The average Bonchev–Trinajstić information content (AvgIpc) is 3.73. The van der Waals surface area contributed by atoms with Gasteiger partial charge >= 0.3 is 5.97 Å². The number of carbonyl (C=O) groups is 1. The first kappa shape index (κ1) is 38.4. The van der Waals surface area contributed by atoms with Crippen LogP contribution in [-0.2, 0) is 42.8 Å². The number of carbonyl (C=O) groups excluding carboxylic acids is 1. The fraction of sp³-hybridized carbons (Fsp3) is 0.649. The van der Waals surface area contributed by atoms with Crippen molar-refractivity contribution in [3.63, 3.8) is 0 Å². The summed E-state index contributed by atoms with van der Waals surface area (Å²) in [6, 6.07) is 9.18. The van der Waals surface area contributed by atoms with E-state index >= 15 is 0 Å². The molecule has 1 atom stereocenters. The number of hydrogen-bond acceptors (Lipinski definition) is 8. The number of aromatic nitrogens is 4. The minimum atomic E-state index is -0.106. The molecule has 3 rings (SSSR count). The van der Waals surface area contributed by atoms with Crippen LogP contribution in [0.4, 0.5) is 0 Å². The smallest absolute Gasteiger partial charge is 0.307 e. The molecule has 0 saturated heterocycles. The predicted molar refractivity (Wildman–Crippen MR) is 191 cm³/mol. The van der Waals surface area contributed by atoms with Crippen LogP contribution in [-0.4, -0.2) is 104 Å². The van der Waals surface area contributed by atoms with Gasteiger partial charge in [0.1, 0.15) is 18.3 Å². The zero-order valence-electron chi connectivity index (χ0n) is 30.2. The number of H-pyrrole nitrogens is 1. The molecule has 0 aliphatic heterocycles. The summed E-state index contributed by atoms with van der Waals surface area (Å²) in [5.74, 6) is 1.86. The van der Waals surface area contributed by atoms with Crippen LogP contribution in [0.3, 0.4) is 0 Å². The van der Waals surface area contributed by atoms with E-state index in [0.717, 1.165) is 63.9 Å². The Morgan fingerprint density at radius 1 is 0.809 bits per heavy atom. The molecule has 2 heterocycles. The minimum absolute atomic E-state index is 0.106. The summed E-state index contributed by atoms with van der Waals surface area (Å²) in [4.78, 5) is 34.7. The molecule has 0 aliphatic rings. The van der Waals surface area contributed by atoms with Gasteiger partial charge in [-0.25, -0.2) is 9.97 Å². The molecule has 1 unspecified atom stereocenters. The Hall–Kier alpha value is -3.05. The summed E-state index contributed by atoms with van der Waals surface area (Å²) in [6.45, 7) is 21.5. The minimum Gasteiger partial charge on any atom is -0.464 e. The third-order valence-electron chi connectivity index (χ3n) is 8.88. The predicted octanol–water partition coefficient (Wildman–Crippen LogP) is 5.71. The molecule has 47 heavy (non-hydrogen) atoms. The molecule has 10 heteroatoms. The molecule has 10 nitrogen and oxygen atoms in total. The summed E-state index contributed by atoms with van der Waals surface area (Å²) in [6.07, 6.45) is 12.6. The van der Waals surface area contributed by atoms with Crippen molar-refractivity contribution in [3.8, 4) is 0 Å². The van der Waals surface area contributed by atoms with Gasteiger partial charge < -0.3 is 19.2 Å². The molecule has 0 aliphatic carbocycles. The molecule has 0 bridgehead atoms. The number of aryl methyl sites for hydroxylation is 1. The Bertz CT molecular complexity index is 1220. The molecule has 0 fully saturated rings. The van der Waals surface area contributed by atoms with Gasteiger partial charge in [0.15, 0.2) is 0 Å². The molecule has 1 aromatic carbocycles. The second-order valence-electron chi connectivity index (χ2n) is 12.8. The van der Waals surface area contributed by atoms with E-state index < -0.39 is 0 Å². The number of esters is 1. The second-order valence-corrected chi connectivity index (χ2v) is 12.8. The van der Waals surface area contributed by atoms with Crippen LogP contribution in [0, 0.1) is 0 Å². The molecule has 0 amide bonds. The standard InChI is InChI=1S/C37H62N8O2/c1-7-21-42(22-8-2)23-11-12-24-43(25-17-37(46)47-31-32(5)45(9-3)10-4)27-33-13-15-34(16-14-33)28-44(29-35-38-18-19-39-35)30-36-40-20-26-41(36)6/h13-16,18-20,26,32H,7-12,17,21-25,27-31H2,1-6H3,(H,38,39). The largest absolute Gasteiger partial charge is 0.464 e. The van der Waals surface area contributed by atoms with E-state index in [0.29, 0.717) is 26.1 Å². The third kappa shape index (κ3) is 14.3. The number of ether oxygens (including phenoxy) is 1. The lowest BCUT2D eigenvalue weighted by Gasteiger charge is -2.26. The van der Waals surface area contributed by atoms with Gasteiger partial charge in [-0.1, -0.05) is 52.0 Å². The molecular weight excluding hydrogens is 588 g/mol. The highest BCUT2D eigenvalue weighted by molar-refractivity contribution is 5.69. The number of hydrogen-bond donors (Lipinski definition) is 1. The van der Waals surface area contributed by atoms with Crippen LogP contribution < -0.4 is 0 Å². The molecular formula is C37H62N8O2. The average molecular weight is 651 g/mol. The highest BCUT2D eigenvalue weighted by Crippen LogP contribution is 2.15. The number of aromatic amines is 1. The van der Waals surface area contributed by atoms with Crippen molar-refractivity contribution in [3.05, 3.63) is 71.8 Å². The van der Waals surface area contributed by atoms with E-state index in [4.69, 9.17) is 4.74 Å². The lowest BCUT2D eigenvalue weighted by molar-refractivity contribution is -0.145. The highest BCUT2D eigenvalue weighted by atomic mass is 16.5. The fourth-order valence-corrected chi connectivity index (χ4v) is 6.18. The Morgan fingerprint density at radius 2 is 1.45 bits per heavy atom. The van der Waals surface area contributed by atoms with Gasteiger partial charge in [-0.2, -0.15) is 0 Å². The first-order valence-corrected chi connectivity index (χ1v) is 17.9. The number of imidazole rings is 2. The van der Waals surface area contributed by atoms with Crippen molar-refractivity contribution >= 4 is 5.97 Å². The number of nitrogens with one attached hydrogen (secondary N) is 1. The summed E-state index contributed by atoms with van der Waals surface area (Å²) >= 11 is 0. The van der Waals surface area contributed by atoms with E-state index in [2.05, 4.69) is 98.0 Å². The van der Waals surface area contributed by atoms with Crippen molar-refractivity contribution in [2.45, 2.75) is 98.9 Å². The Balaban J connectivity index is 1.60. The quantitative estimate of drug-likeness (QED) is 0.0922. The number of unbranched alkanes of at least 4 members (excludes halogenated alkanes) is 1. The summed E-state index contributed by atoms with van der Waals surface area (Å²) in [5.41, 5.74) is 2.51. The number of benzene rings is 1. The lowest BCUT2D eigenvalue weighted by Crippen LogP contribution is -2.37. The number of nitrogens with zero attached hydrogens (tertiary/aromatic N) is 7. The summed E-state index contributed by atoms with van der Waals surface area (Å²) in [7, 11) is 2.03. The van der Waals surface area contributed by atoms with Gasteiger partial charge in [-0.15, -0.1) is 0 Å². The van der Waals surface area contributed by atoms with Gasteiger partial charge in [0.2, 0.25) is 0 Å². The van der Waals surface area contributed by atoms with Crippen LogP contribution in [0.25, 0.3) is 0 Å².